The third kappa shape index (κ3) is 5.55. The molecule has 4 heteroatoms. The molecule has 1 atom stereocenters. The predicted octanol–water partition coefficient (Wildman–Crippen LogP) is 2.98. The van der Waals surface area contributed by atoms with E-state index in [2.05, 4.69) is 17.4 Å². The number of aliphatic hydroxyl groups is 1. The molecule has 112 valence electrons. The molecule has 2 N–H and O–H groups in total. The second kappa shape index (κ2) is 8.32. The number of amides is 1. The van der Waals surface area contributed by atoms with Crippen LogP contribution in [0.4, 0.5) is 0 Å². The minimum Gasteiger partial charge on any atom is -0.388 e. The fraction of sp³-hybridized carbons (Fsp3) is 0.562. The molecule has 1 aromatic carbocycles. The lowest BCUT2D eigenvalue weighted by atomic mass is 9.97. The molecule has 0 saturated carbocycles. The highest BCUT2D eigenvalue weighted by Crippen LogP contribution is 2.18. The molecule has 1 unspecified atom stereocenters. The van der Waals surface area contributed by atoms with Crippen LogP contribution >= 0.6 is 11.8 Å². The van der Waals surface area contributed by atoms with E-state index in [0.29, 0.717) is 19.4 Å². The van der Waals surface area contributed by atoms with Gasteiger partial charge in [0.05, 0.1) is 10.9 Å². The number of benzene rings is 1. The first-order chi connectivity index (χ1) is 9.50. The molecule has 1 amide bonds. The van der Waals surface area contributed by atoms with Crippen LogP contribution in [0.5, 0.6) is 0 Å². The van der Waals surface area contributed by atoms with E-state index in [1.807, 2.05) is 39.0 Å². The fourth-order valence-corrected chi connectivity index (χ4v) is 2.64. The summed E-state index contributed by atoms with van der Waals surface area (Å²) in [5, 5.41) is 12.9. The molecule has 0 radical (unpaired) electrons. The lowest BCUT2D eigenvalue weighted by molar-refractivity contribution is -0.121. The normalized spacial score (nSPS) is 13.0. The summed E-state index contributed by atoms with van der Waals surface area (Å²) in [6.45, 7) is 6.10. The Morgan fingerprint density at radius 1 is 1.30 bits per heavy atom. The average Bonchev–Trinajstić information content (AvgIpc) is 2.50. The molecule has 3 nitrogen and oxygen atoms in total. The van der Waals surface area contributed by atoms with Crippen molar-refractivity contribution in [2.24, 2.45) is 0 Å². The highest BCUT2D eigenvalue weighted by atomic mass is 32.2. The Bertz CT molecular complexity index is 404. The van der Waals surface area contributed by atoms with Gasteiger partial charge in [0, 0.05) is 12.3 Å². The first-order valence-electron chi connectivity index (χ1n) is 7.16. The van der Waals surface area contributed by atoms with Crippen molar-refractivity contribution in [3.63, 3.8) is 0 Å². The summed E-state index contributed by atoms with van der Waals surface area (Å²) in [7, 11) is 0. The molecular formula is C16H25NO2S. The lowest BCUT2D eigenvalue weighted by Gasteiger charge is -2.26. The zero-order valence-electron chi connectivity index (χ0n) is 12.6. The largest absolute Gasteiger partial charge is 0.388 e. The van der Waals surface area contributed by atoms with Crippen LogP contribution in [-0.2, 0) is 10.5 Å². The fourth-order valence-electron chi connectivity index (χ4n) is 1.77. The van der Waals surface area contributed by atoms with Crippen LogP contribution in [0, 0.1) is 0 Å². The second-order valence-corrected chi connectivity index (χ2v) is 6.42. The van der Waals surface area contributed by atoms with Gasteiger partial charge in [0.25, 0.3) is 0 Å². The maximum absolute atomic E-state index is 12.0. The zero-order valence-corrected chi connectivity index (χ0v) is 13.4. The van der Waals surface area contributed by atoms with E-state index >= 15 is 0 Å². The van der Waals surface area contributed by atoms with Gasteiger partial charge in [-0.1, -0.05) is 44.2 Å². The van der Waals surface area contributed by atoms with Gasteiger partial charge in [0.2, 0.25) is 5.91 Å². The third-order valence-electron chi connectivity index (χ3n) is 3.62. The molecule has 0 saturated heterocycles. The number of thioether (sulfide) groups is 1. The molecule has 0 aromatic heterocycles. The maximum atomic E-state index is 12.0. The van der Waals surface area contributed by atoms with Gasteiger partial charge in [-0.25, -0.2) is 0 Å². The van der Waals surface area contributed by atoms with Crippen molar-refractivity contribution in [1.29, 1.82) is 0 Å². The average molecular weight is 295 g/mol. The molecule has 1 aromatic rings. The number of nitrogens with one attached hydrogen (secondary N) is 1. The second-order valence-electron chi connectivity index (χ2n) is 5.09. The minimum absolute atomic E-state index is 0.00810. The highest BCUT2D eigenvalue weighted by Gasteiger charge is 2.24. The van der Waals surface area contributed by atoms with Gasteiger partial charge in [-0.15, -0.1) is 11.8 Å². The van der Waals surface area contributed by atoms with E-state index in [9.17, 15) is 9.90 Å². The molecule has 0 fully saturated rings. The van der Waals surface area contributed by atoms with Crippen LogP contribution in [0.3, 0.4) is 0 Å². The summed E-state index contributed by atoms with van der Waals surface area (Å²) in [6, 6.07) is 10.1. The van der Waals surface area contributed by atoms with E-state index in [-0.39, 0.29) is 11.2 Å². The van der Waals surface area contributed by atoms with Crippen molar-refractivity contribution in [1.82, 2.24) is 5.32 Å². The summed E-state index contributed by atoms with van der Waals surface area (Å²) in [6.07, 6.45) is 1.30. The van der Waals surface area contributed by atoms with Crippen molar-refractivity contribution < 1.29 is 9.90 Å². The summed E-state index contributed by atoms with van der Waals surface area (Å²) in [5.41, 5.74) is 0.440. The van der Waals surface area contributed by atoms with Gasteiger partial charge in [-0.3, -0.25) is 4.79 Å². The van der Waals surface area contributed by atoms with Crippen molar-refractivity contribution in [2.75, 3.05) is 6.54 Å². The molecule has 1 rings (SSSR count). The first-order valence-corrected chi connectivity index (χ1v) is 8.21. The Labute approximate surface area is 126 Å². The molecule has 0 bridgehead atoms. The lowest BCUT2D eigenvalue weighted by Crippen LogP contribution is -2.44. The summed E-state index contributed by atoms with van der Waals surface area (Å²) in [5.74, 6) is 0.813. The Morgan fingerprint density at radius 2 is 1.90 bits per heavy atom. The van der Waals surface area contributed by atoms with Crippen molar-refractivity contribution in [3.8, 4) is 0 Å². The van der Waals surface area contributed by atoms with Crippen LogP contribution in [-0.4, -0.2) is 28.4 Å². The zero-order chi connectivity index (χ0) is 15.0. The molecule has 0 aliphatic rings. The molecule has 0 spiro atoms. The van der Waals surface area contributed by atoms with Gasteiger partial charge in [0.1, 0.15) is 0 Å². The molecule has 0 heterocycles. The Balaban J connectivity index is 2.36. The molecular weight excluding hydrogens is 270 g/mol. The Hall–Kier alpha value is -1.00. The standard InChI is InChI=1S/C16H25NO2S/c1-4-16(19,5-2)12-17-15(18)13(3)20-11-14-9-7-6-8-10-14/h6-10,13,19H,4-5,11-12H2,1-3H3,(H,17,18). The number of carbonyl (C=O) groups excluding carboxylic acids is 1. The highest BCUT2D eigenvalue weighted by molar-refractivity contribution is 7.99. The molecule has 0 aliphatic carbocycles. The first kappa shape index (κ1) is 17.1. The number of rotatable bonds is 8. The van der Waals surface area contributed by atoms with Crippen molar-refractivity contribution in [2.45, 2.75) is 50.2 Å². The number of hydrogen-bond donors (Lipinski definition) is 2. The topological polar surface area (TPSA) is 49.3 Å². The Morgan fingerprint density at radius 3 is 2.45 bits per heavy atom. The van der Waals surface area contributed by atoms with E-state index in [0.717, 1.165) is 5.75 Å². The Kier molecular flexibility index (Phi) is 7.10. The summed E-state index contributed by atoms with van der Waals surface area (Å²) < 4.78 is 0. The SMILES string of the molecule is CCC(O)(CC)CNC(=O)C(C)SCc1ccccc1. The minimum atomic E-state index is -0.778. The van der Waals surface area contributed by atoms with Crippen molar-refractivity contribution in [3.05, 3.63) is 35.9 Å². The van der Waals surface area contributed by atoms with Gasteiger partial charge < -0.3 is 10.4 Å². The van der Waals surface area contributed by atoms with E-state index in [1.165, 1.54) is 5.56 Å². The van der Waals surface area contributed by atoms with Crippen LogP contribution in [0.2, 0.25) is 0 Å². The van der Waals surface area contributed by atoms with Gasteiger partial charge in [-0.05, 0) is 25.3 Å². The van der Waals surface area contributed by atoms with Crippen LogP contribution in [0.25, 0.3) is 0 Å². The molecule has 0 aliphatic heterocycles. The van der Waals surface area contributed by atoms with E-state index in [4.69, 9.17) is 0 Å². The maximum Gasteiger partial charge on any atom is 0.232 e. The van der Waals surface area contributed by atoms with Crippen LogP contribution in [0.15, 0.2) is 30.3 Å². The van der Waals surface area contributed by atoms with Crippen LogP contribution < -0.4 is 5.32 Å². The van der Waals surface area contributed by atoms with E-state index < -0.39 is 5.60 Å². The van der Waals surface area contributed by atoms with E-state index in [1.54, 1.807) is 11.8 Å². The third-order valence-corrected chi connectivity index (χ3v) is 4.83. The summed E-state index contributed by atoms with van der Waals surface area (Å²) >= 11 is 1.61. The monoisotopic (exact) mass is 295 g/mol. The number of carbonyl (C=O) groups is 1. The van der Waals surface area contributed by atoms with Crippen molar-refractivity contribution >= 4 is 17.7 Å². The summed E-state index contributed by atoms with van der Waals surface area (Å²) in [4.78, 5) is 12.0. The van der Waals surface area contributed by atoms with Gasteiger partial charge >= 0.3 is 0 Å². The van der Waals surface area contributed by atoms with Gasteiger partial charge in [0.15, 0.2) is 0 Å². The van der Waals surface area contributed by atoms with Gasteiger partial charge in [-0.2, -0.15) is 0 Å². The van der Waals surface area contributed by atoms with Crippen LogP contribution in [0.1, 0.15) is 39.2 Å². The predicted molar refractivity (Wildman–Crippen MR) is 85.7 cm³/mol. The molecule has 20 heavy (non-hydrogen) atoms. The quantitative estimate of drug-likeness (QED) is 0.775. The number of hydrogen-bond acceptors (Lipinski definition) is 3. The smallest absolute Gasteiger partial charge is 0.232 e.